The van der Waals surface area contributed by atoms with E-state index in [2.05, 4.69) is 164 Å². The van der Waals surface area contributed by atoms with Crippen LogP contribution in [0.15, 0.2) is 91.1 Å². The second-order valence-corrected chi connectivity index (χ2v) is 25.3. The van der Waals surface area contributed by atoms with Crippen molar-refractivity contribution >= 4 is 24.3 Å². The monoisotopic (exact) mass is 1020 g/mol. The van der Waals surface area contributed by atoms with Crippen LogP contribution >= 0.6 is 0 Å². The van der Waals surface area contributed by atoms with Crippen LogP contribution in [-0.2, 0) is 31.9 Å². The third kappa shape index (κ3) is 9.14. The zero-order valence-electron chi connectivity index (χ0n) is 44.5. The van der Waals surface area contributed by atoms with Crippen LogP contribution in [0.2, 0.25) is 19.6 Å². The summed E-state index contributed by atoms with van der Waals surface area (Å²) in [5, 5.41) is 1.00. The summed E-state index contributed by atoms with van der Waals surface area (Å²) in [6, 6.07) is 35.8. The van der Waals surface area contributed by atoms with Crippen molar-refractivity contribution in [2.45, 2.75) is 133 Å². The Morgan fingerprint density at radius 1 is 0.823 bits per heavy atom. The molecular formula is C57H67IrN3Si-2. The molecule has 1 aliphatic rings. The molecule has 2 aromatic heterocycles. The van der Waals surface area contributed by atoms with E-state index in [1.54, 1.807) is 18.3 Å². The number of rotatable bonds is 7. The first-order valence-electron chi connectivity index (χ1n) is 24.4. The molecule has 0 aliphatic heterocycles. The number of aryl methyl sites for hydroxylation is 4. The van der Waals surface area contributed by atoms with Crippen molar-refractivity contribution in [3.8, 4) is 39.5 Å². The average Bonchev–Trinajstić information content (AvgIpc) is 3.71. The fourth-order valence-electron chi connectivity index (χ4n) is 9.04. The van der Waals surface area contributed by atoms with Crippen molar-refractivity contribution in [1.82, 2.24) is 14.5 Å². The average molecular weight is 1020 g/mol. The van der Waals surface area contributed by atoms with Gasteiger partial charge >= 0.3 is 0 Å². The Hall–Kier alpha value is -4.41. The summed E-state index contributed by atoms with van der Waals surface area (Å²) < 4.78 is 42.4. The minimum atomic E-state index is -2.17. The Balaban J connectivity index is 0.000000234. The molecule has 0 N–H and O–H groups in total. The van der Waals surface area contributed by atoms with Crippen LogP contribution in [0.3, 0.4) is 0 Å². The summed E-state index contributed by atoms with van der Waals surface area (Å²) in [5.74, 6) is 1.74. The number of pyridine rings is 1. The van der Waals surface area contributed by atoms with Gasteiger partial charge in [-0.1, -0.05) is 155 Å². The molecular weight excluding hydrogens is 947 g/mol. The minimum Gasteiger partial charge on any atom is -0.333 e. The minimum absolute atomic E-state index is 0. The molecule has 62 heavy (non-hydrogen) atoms. The quantitative estimate of drug-likeness (QED) is 0.118. The van der Waals surface area contributed by atoms with Gasteiger partial charge in [-0.2, -0.15) is 0 Å². The summed E-state index contributed by atoms with van der Waals surface area (Å²) in [7, 11) is -1.81. The van der Waals surface area contributed by atoms with Gasteiger partial charge in [0.15, 0.2) is 0 Å². The number of hydrogen-bond acceptors (Lipinski definition) is 2. The van der Waals surface area contributed by atoms with Crippen molar-refractivity contribution < 1.29 is 27.0 Å². The Bertz CT molecular complexity index is 2940. The molecule has 0 saturated carbocycles. The van der Waals surface area contributed by atoms with Gasteiger partial charge < -0.3 is 9.55 Å². The van der Waals surface area contributed by atoms with Crippen LogP contribution in [-0.4, -0.2) is 22.6 Å². The predicted octanol–water partition coefficient (Wildman–Crippen LogP) is 15.0. The number of fused-ring (bicyclic) bond motifs is 4. The van der Waals surface area contributed by atoms with Crippen LogP contribution in [0, 0.1) is 45.2 Å². The third-order valence-corrected chi connectivity index (χ3v) is 14.2. The van der Waals surface area contributed by atoms with E-state index >= 15 is 0 Å². The Labute approximate surface area is 395 Å². The van der Waals surface area contributed by atoms with Gasteiger partial charge in [0.1, 0.15) is 0 Å². The van der Waals surface area contributed by atoms with E-state index in [-0.39, 0.29) is 31.1 Å². The van der Waals surface area contributed by atoms with Crippen molar-refractivity contribution in [3.63, 3.8) is 0 Å². The first-order valence-corrected chi connectivity index (χ1v) is 25.4. The standard InChI is InChI=1S/C37H39N2.C20H28NSi.Ir/c1-21(2)27-13-12-14-28(22(3)4)35(27)39-33-16-11-10-15-32(33)38-36(39)26-17-25(7)34-30(20-26)29-18-23(5)24(6)19-31(29)37(34,8)9;1-15-8-10-16(11-9-15)18-12-17(13-20(2,3)4)19(14-21-18)22(5,6)7;/h10-16,18-22H,1-9H3;8-10,12,14H,13H2,1-7H3;/q2*-1;/i;1D3,13D2;. The van der Waals surface area contributed by atoms with Gasteiger partial charge in [0.2, 0.25) is 0 Å². The molecule has 5 aromatic carbocycles. The zero-order valence-corrected chi connectivity index (χ0v) is 42.9. The fraction of sp³-hybridized carbons (Fsp3) is 0.368. The van der Waals surface area contributed by atoms with Crippen LogP contribution in [0.5, 0.6) is 0 Å². The van der Waals surface area contributed by atoms with Gasteiger partial charge in [-0.25, -0.2) is 0 Å². The summed E-state index contributed by atoms with van der Waals surface area (Å²) in [6.07, 6.45) is 0.269. The molecule has 0 saturated heterocycles. The molecule has 3 nitrogen and oxygen atoms in total. The molecule has 8 rings (SSSR count). The zero-order chi connectivity index (χ0) is 48.6. The van der Waals surface area contributed by atoms with E-state index in [0.29, 0.717) is 28.7 Å². The van der Waals surface area contributed by atoms with E-state index in [1.165, 1.54) is 61.8 Å². The Morgan fingerprint density at radius 2 is 1.48 bits per heavy atom. The van der Waals surface area contributed by atoms with Crippen LogP contribution in [0.25, 0.3) is 50.5 Å². The van der Waals surface area contributed by atoms with Crippen LogP contribution in [0.1, 0.15) is 131 Å². The van der Waals surface area contributed by atoms with Crippen molar-refractivity contribution in [1.29, 1.82) is 0 Å². The van der Waals surface area contributed by atoms with Gasteiger partial charge in [0.05, 0.1) is 24.9 Å². The number of nitrogens with zero attached hydrogens (tertiary/aromatic N) is 3. The van der Waals surface area contributed by atoms with E-state index in [4.69, 9.17) is 11.8 Å². The van der Waals surface area contributed by atoms with Crippen LogP contribution < -0.4 is 5.19 Å². The smallest absolute Gasteiger partial charge is 0.0798 e. The third-order valence-electron chi connectivity index (χ3n) is 12.2. The van der Waals surface area contributed by atoms with E-state index in [0.717, 1.165) is 27.6 Å². The maximum atomic E-state index is 8.79. The number of imidazole rings is 1. The normalized spacial score (nSPS) is 14.8. The van der Waals surface area contributed by atoms with Gasteiger partial charge in [-0.3, -0.25) is 4.98 Å². The first kappa shape index (κ1) is 40.4. The molecule has 0 bridgehead atoms. The van der Waals surface area contributed by atoms with Gasteiger partial charge in [-0.05, 0) is 99.3 Å². The summed E-state index contributed by atoms with van der Waals surface area (Å²) in [6.45, 7) is 30.6. The summed E-state index contributed by atoms with van der Waals surface area (Å²) in [5.41, 5.74) is 18.1. The second-order valence-electron chi connectivity index (χ2n) is 20.3. The van der Waals surface area contributed by atoms with Gasteiger partial charge in [-0.15, -0.1) is 64.2 Å². The molecule has 0 unspecified atom stereocenters. The van der Waals surface area contributed by atoms with E-state index in [1.807, 2.05) is 26.8 Å². The first-order chi connectivity index (χ1) is 30.5. The van der Waals surface area contributed by atoms with E-state index < -0.39 is 26.7 Å². The predicted molar refractivity (Wildman–Crippen MR) is 265 cm³/mol. The van der Waals surface area contributed by atoms with Crippen molar-refractivity contribution in [3.05, 3.63) is 153 Å². The Morgan fingerprint density at radius 3 is 2.08 bits per heavy atom. The Kier molecular flexibility index (Phi) is 11.5. The maximum Gasteiger partial charge on any atom is 0.0798 e. The van der Waals surface area contributed by atoms with Gasteiger partial charge in [0.25, 0.3) is 0 Å². The molecule has 0 amide bonds. The van der Waals surface area contributed by atoms with Crippen LogP contribution in [0.4, 0.5) is 0 Å². The molecule has 0 fully saturated rings. The summed E-state index contributed by atoms with van der Waals surface area (Å²) >= 11 is 0. The number of para-hydroxylation sites is 3. The van der Waals surface area contributed by atoms with Crippen molar-refractivity contribution in [2.24, 2.45) is 5.41 Å². The molecule has 0 atom stereocenters. The SMILES string of the molecule is Cc1[c-]c(-c2nc3ccccc3n2-c2c(C(C)C)cccc2C(C)C)cc2c1C(C)(C)c1cc(C)c(C)cc1-2.[2H]C([2H])([2H])c1c[c-]c(-c2cc(C([2H])([2H])C(C)(C)C)c([Si](C)(C)C)cn2)cc1.[Ir]. The molecule has 1 radical (unpaired) electrons. The molecule has 7 aromatic rings. The molecule has 5 heteroatoms. The number of aromatic nitrogens is 3. The molecule has 1 aliphatic carbocycles. The number of hydrogen-bond donors (Lipinski definition) is 0. The summed E-state index contributed by atoms with van der Waals surface area (Å²) in [4.78, 5) is 9.84. The largest absolute Gasteiger partial charge is 0.333 e. The van der Waals surface area contributed by atoms with Gasteiger partial charge in [0, 0.05) is 38.8 Å². The van der Waals surface area contributed by atoms with E-state index in [9.17, 15) is 0 Å². The topological polar surface area (TPSA) is 30.7 Å². The number of benzene rings is 5. The molecule has 0 spiro atoms. The second kappa shape index (κ2) is 17.6. The molecule has 325 valence electrons. The molecule has 2 heterocycles. The maximum absolute atomic E-state index is 8.79. The fourth-order valence-corrected chi connectivity index (χ4v) is 10.4. The van der Waals surface area contributed by atoms with Crippen molar-refractivity contribution in [2.75, 3.05) is 0 Å².